The molecule has 1 amide bonds. The number of carbonyl (C=O) groups excluding carboxylic acids is 1. The van der Waals surface area contributed by atoms with Gasteiger partial charge in [0, 0.05) is 11.6 Å². The van der Waals surface area contributed by atoms with Gasteiger partial charge in [-0.1, -0.05) is 12.8 Å². The van der Waals surface area contributed by atoms with E-state index in [9.17, 15) is 4.79 Å². The molecule has 7 heteroatoms. The summed E-state index contributed by atoms with van der Waals surface area (Å²) in [6.07, 6.45) is 6.49. The van der Waals surface area contributed by atoms with E-state index in [2.05, 4.69) is 10.4 Å². The Morgan fingerprint density at radius 2 is 1.93 bits per heavy atom. The van der Waals surface area contributed by atoms with Gasteiger partial charge < -0.3 is 19.7 Å². The van der Waals surface area contributed by atoms with E-state index in [4.69, 9.17) is 9.47 Å². The van der Waals surface area contributed by atoms with Crippen molar-refractivity contribution in [2.24, 2.45) is 0 Å². The van der Waals surface area contributed by atoms with Crippen LogP contribution in [0.1, 0.15) is 42.9 Å². The standard InChI is InChI=1S/C21H30N4O3/c1-15-11-18(27-3)19(28-4)12-16(15)13-24(2)14-21(26)23-20-9-10-22-25(20)17-7-5-6-8-17/h9-12,17H,5-8,13-14H2,1-4H3,(H,23,26)/p+1. The lowest BCUT2D eigenvalue weighted by molar-refractivity contribution is -0.885. The molecule has 1 atom stereocenters. The monoisotopic (exact) mass is 387 g/mol. The summed E-state index contributed by atoms with van der Waals surface area (Å²) in [5.74, 6) is 2.22. The van der Waals surface area contributed by atoms with E-state index < -0.39 is 0 Å². The Kier molecular flexibility index (Phi) is 6.57. The first-order chi connectivity index (χ1) is 13.5. The summed E-state index contributed by atoms with van der Waals surface area (Å²) in [6, 6.07) is 6.25. The van der Waals surface area contributed by atoms with Gasteiger partial charge in [0.1, 0.15) is 12.4 Å². The van der Waals surface area contributed by atoms with Crippen LogP contribution in [-0.4, -0.2) is 43.5 Å². The Balaban J connectivity index is 1.60. The maximum Gasteiger partial charge on any atom is 0.280 e. The van der Waals surface area contributed by atoms with Crippen molar-refractivity contribution >= 4 is 11.7 Å². The molecule has 1 unspecified atom stereocenters. The molecule has 0 spiro atoms. The second-order valence-corrected chi connectivity index (χ2v) is 7.59. The van der Waals surface area contributed by atoms with Gasteiger partial charge in [0.25, 0.3) is 5.91 Å². The van der Waals surface area contributed by atoms with Crippen LogP contribution in [0, 0.1) is 6.92 Å². The highest BCUT2D eigenvalue weighted by Gasteiger charge is 2.21. The molecule has 1 saturated carbocycles. The Morgan fingerprint density at radius 3 is 2.61 bits per heavy atom. The van der Waals surface area contributed by atoms with Crippen molar-refractivity contribution in [3.8, 4) is 11.5 Å². The van der Waals surface area contributed by atoms with E-state index in [1.54, 1.807) is 20.4 Å². The maximum atomic E-state index is 12.6. The van der Waals surface area contributed by atoms with E-state index in [-0.39, 0.29) is 5.91 Å². The highest BCUT2D eigenvalue weighted by molar-refractivity contribution is 5.90. The molecule has 1 aliphatic carbocycles. The van der Waals surface area contributed by atoms with E-state index >= 15 is 0 Å². The molecule has 3 rings (SSSR count). The number of quaternary nitrogens is 1. The number of nitrogens with zero attached hydrogens (tertiary/aromatic N) is 2. The van der Waals surface area contributed by atoms with Crippen LogP contribution in [0.25, 0.3) is 0 Å². The fraction of sp³-hybridized carbons (Fsp3) is 0.524. The van der Waals surface area contributed by atoms with Crippen LogP contribution in [0.15, 0.2) is 24.4 Å². The summed E-state index contributed by atoms with van der Waals surface area (Å²) >= 11 is 0. The van der Waals surface area contributed by atoms with Gasteiger partial charge in [0.2, 0.25) is 0 Å². The SMILES string of the molecule is COc1cc(C)c(C[NH+](C)CC(=O)Nc2ccnn2C2CCCC2)cc1OC. The second kappa shape index (κ2) is 9.10. The Bertz CT molecular complexity index is 812. The summed E-state index contributed by atoms with van der Waals surface area (Å²) in [4.78, 5) is 13.7. The molecule has 1 aromatic heterocycles. The lowest BCUT2D eigenvalue weighted by Gasteiger charge is -2.18. The highest BCUT2D eigenvalue weighted by Crippen LogP contribution is 2.31. The van der Waals surface area contributed by atoms with Crippen LogP contribution < -0.4 is 19.7 Å². The van der Waals surface area contributed by atoms with Gasteiger partial charge in [0.15, 0.2) is 18.0 Å². The number of nitrogens with one attached hydrogen (secondary N) is 2. The minimum Gasteiger partial charge on any atom is -0.493 e. The third-order valence-corrected chi connectivity index (χ3v) is 5.41. The van der Waals surface area contributed by atoms with Crippen LogP contribution in [0.3, 0.4) is 0 Å². The van der Waals surface area contributed by atoms with Crippen molar-refractivity contribution in [1.29, 1.82) is 0 Å². The van der Waals surface area contributed by atoms with Gasteiger partial charge in [0.05, 0.1) is 33.5 Å². The second-order valence-electron chi connectivity index (χ2n) is 7.59. The fourth-order valence-electron chi connectivity index (χ4n) is 3.91. The van der Waals surface area contributed by atoms with Gasteiger partial charge >= 0.3 is 0 Å². The van der Waals surface area contributed by atoms with Crippen LogP contribution >= 0.6 is 0 Å². The maximum absolute atomic E-state index is 12.6. The molecule has 1 aromatic carbocycles. The molecule has 2 N–H and O–H groups in total. The molecule has 7 nitrogen and oxygen atoms in total. The number of likely N-dealkylation sites (N-methyl/N-ethyl adjacent to an activating group) is 1. The van der Waals surface area contributed by atoms with Crippen molar-refractivity contribution in [2.45, 2.75) is 45.2 Å². The smallest absolute Gasteiger partial charge is 0.280 e. The number of methoxy groups -OCH3 is 2. The number of benzene rings is 1. The van der Waals surface area contributed by atoms with Crippen molar-refractivity contribution in [1.82, 2.24) is 9.78 Å². The van der Waals surface area contributed by atoms with Gasteiger partial charge in [-0.25, -0.2) is 4.68 Å². The lowest BCUT2D eigenvalue weighted by atomic mass is 10.1. The Morgan fingerprint density at radius 1 is 1.25 bits per heavy atom. The van der Waals surface area contributed by atoms with Crippen LogP contribution in [0.4, 0.5) is 5.82 Å². The zero-order valence-electron chi connectivity index (χ0n) is 17.2. The van der Waals surface area contributed by atoms with E-state index in [0.717, 1.165) is 47.0 Å². The summed E-state index contributed by atoms with van der Waals surface area (Å²) < 4.78 is 12.7. The fourth-order valence-corrected chi connectivity index (χ4v) is 3.91. The summed E-state index contributed by atoms with van der Waals surface area (Å²) in [7, 11) is 5.29. The predicted molar refractivity (Wildman–Crippen MR) is 108 cm³/mol. The third-order valence-electron chi connectivity index (χ3n) is 5.41. The zero-order valence-corrected chi connectivity index (χ0v) is 17.2. The van der Waals surface area contributed by atoms with E-state index in [1.165, 1.54) is 12.8 Å². The number of amides is 1. The molecule has 0 aliphatic heterocycles. The number of aromatic nitrogens is 2. The first kappa shape index (κ1) is 20.2. The van der Waals surface area contributed by atoms with Crippen molar-refractivity contribution in [3.63, 3.8) is 0 Å². The third kappa shape index (κ3) is 4.65. The van der Waals surface area contributed by atoms with E-state index in [0.29, 0.717) is 18.3 Å². The first-order valence-electron chi connectivity index (χ1n) is 9.88. The minimum absolute atomic E-state index is 0.00428. The molecule has 28 heavy (non-hydrogen) atoms. The zero-order chi connectivity index (χ0) is 20.1. The van der Waals surface area contributed by atoms with Crippen molar-refractivity contribution in [2.75, 3.05) is 33.1 Å². The van der Waals surface area contributed by atoms with Gasteiger partial charge in [-0.05, 0) is 37.5 Å². The topological polar surface area (TPSA) is 69.8 Å². The van der Waals surface area contributed by atoms with Crippen LogP contribution in [0.5, 0.6) is 11.5 Å². The average molecular weight is 388 g/mol. The number of anilines is 1. The number of ether oxygens (including phenoxy) is 2. The van der Waals surface area contributed by atoms with Gasteiger partial charge in [-0.2, -0.15) is 5.10 Å². The molecular weight excluding hydrogens is 356 g/mol. The van der Waals surface area contributed by atoms with Gasteiger partial charge in [-0.3, -0.25) is 4.79 Å². The molecule has 0 saturated heterocycles. The number of aryl methyl sites for hydroxylation is 1. The molecule has 0 bridgehead atoms. The van der Waals surface area contributed by atoms with Crippen LogP contribution in [0.2, 0.25) is 0 Å². The number of hydrogen-bond donors (Lipinski definition) is 2. The van der Waals surface area contributed by atoms with E-state index in [1.807, 2.05) is 36.9 Å². The summed E-state index contributed by atoms with van der Waals surface area (Å²) in [5.41, 5.74) is 2.26. The normalized spacial score (nSPS) is 15.4. The van der Waals surface area contributed by atoms with Crippen molar-refractivity contribution in [3.05, 3.63) is 35.5 Å². The molecule has 1 aliphatic rings. The largest absolute Gasteiger partial charge is 0.493 e. The van der Waals surface area contributed by atoms with Gasteiger partial charge in [-0.15, -0.1) is 0 Å². The number of hydrogen-bond acceptors (Lipinski definition) is 4. The summed E-state index contributed by atoms with van der Waals surface area (Å²) in [6.45, 7) is 3.15. The molecule has 0 radical (unpaired) electrons. The first-order valence-corrected chi connectivity index (χ1v) is 9.88. The Hall–Kier alpha value is -2.54. The van der Waals surface area contributed by atoms with Crippen molar-refractivity contribution < 1.29 is 19.2 Å². The highest BCUT2D eigenvalue weighted by atomic mass is 16.5. The average Bonchev–Trinajstić information content (AvgIpc) is 3.34. The summed E-state index contributed by atoms with van der Waals surface area (Å²) in [5, 5.41) is 7.45. The molecule has 152 valence electrons. The molecule has 2 aromatic rings. The van der Waals surface area contributed by atoms with Crippen LogP contribution in [-0.2, 0) is 11.3 Å². The Labute approximate surface area is 166 Å². The molecule has 1 fully saturated rings. The molecule has 1 heterocycles. The quantitative estimate of drug-likeness (QED) is 0.727. The number of carbonyl (C=O) groups is 1. The number of rotatable bonds is 8. The lowest BCUT2D eigenvalue weighted by Crippen LogP contribution is -3.08. The minimum atomic E-state index is -0.00428. The molecular formula is C21H31N4O3+. The predicted octanol–water partition coefficient (Wildman–Crippen LogP) is 1.98.